The third-order valence-electron chi connectivity index (χ3n) is 3.26. The Labute approximate surface area is 121 Å². The molecule has 106 valence electrons. The first-order valence-electron chi connectivity index (χ1n) is 6.64. The standard InChI is InChI=1S/C15H15N5O/c1-10(12-8-16-17-9-12)18-15(21)14-7-13(19-20-14)11-5-3-2-4-6-11/h2-10H,1H3,(H,16,17)(H,18,21)(H,19,20). The Bertz CT molecular complexity index is 718. The van der Waals surface area contributed by atoms with E-state index in [9.17, 15) is 4.79 Å². The van der Waals surface area contributed by atoms with Crippen molar-refractivity contribution in [1.82, 2.24) is 25.7 Å². The lowest BCUT2D eigenvalue weighted by atomic mass is 10.1. The highest BCUT2D eigenvalue weighted by Gasteiger charge is 2.14. The summed E-state index contributed by atoms with van der Waals surface area (Å²) in [6, 6.07) is 11.3. The Balaban J connectivity index is 1.73. The molecule has 3 rings (SSSR count). The average Bonchev–Trinajstić information content (AvgIpc) is 3.20. The Morgan fingerprint density at radius 2 is 2.10 bits per heavy atom. The molecule has 1 aromatic carbocycles. The number of carbonyl (C=O) groups excluding carboxylic acids is 1. The van der Waals surface area contributed by atoms with Gasteiger partial charge < -0.3 is 5.32 Å². The highest BCUT2D eigenvalue weighted by Crippen LogP contribution is 2.17. The molecule has 0 aliphatic heterocycles. The van der Waals surface area contributed by atoms with Crippen molar-refractivity contribution in [1.29, 1.82) is 0 Å². The van der Waals surface area contributed by atoms with Crippen molar-refractivity contribution in [3.8, 4) is 11.3 Å². The summed E-state index contributed by atoms with van der Waals surface area (Å²) in [5.74, 6) is -0.196. The van der Waals surface area contributed by atoms with Crippen LogP contribution in [0, 0.1) is 0 Å². The first-order chi connectivity index (χ1) is 10.2. The molecular formula is C15H15N5O. The van der Waals surface area contributed by atoms with Gasteiger partial charge in [0.15, 0.2) is 0 Å². The Kier molecular flexibility index (Phi) is 3.51. The van der Waals surface area contributed by atoms with Gasteiger partial charge in [-0.25, -0.2) is 0 Å². The van der Waals surface area contributed by atoms with Crippen LogP contribution in [0.15, 0.2) is 48.8 Å². The summed E-state index contributed by atoms with van der Waals surface area (Å²) in [6.45, 7) is 1.90. The number of aromatic nitrogens is 4. The van der Waals surface area contributed by atoms with Crippen LogP contribution >= 0.6 is 0 Å². The lowest BCUT2D eigenvalue weighted by Gasteiger charge is -2.10. The Morgan fingerprint density at radius 1 is 1.29 bits per heavy atom. The van der Waals surface area contributed by atoms with Crippen LogP contribution in [0.25, 0.3) is 11.3 Å². The molecule has 0 spiro atoms. The van der Waals surface area contributed by atoms with Crippen LogP contribution in [-0.2, 0) is 0 Å². The number of rotatable bonds is 4. The molecule has 0 saturated heterocycles. The predicted octanol–water partition coefficient (Wildman–Crippen LogP) is 2.29. The third kappa shape index (κ3) is 2.84. The van der Waals surface area contributed by atoms with E-state index in [1.807, 2.05) is 37.3 Å². The van der Waals surface area contributed by atoms with Gasteiger partial charge in [-0.05, 0) is 13.0 Å². The van der Waals surface area contributed by atoms with Gasteiger partial charge in [0.25, 0.3) is 5.91 Å². The molecule has 6 nitrogen and oxygen atoms in total. The first kappa shape index (κ1) is 13.1. The van der Waals surface area contributed by atoms with E-state index in [0.29, 0.717) is 5.69 Å². The summed E-state index contributed by atoms with van der Waals surface area (Å²) in [6.07, 6.45) is 3.45. The molecule has 0 radical (unpaired) electrons. The molecule has 3 aromatic rings. The van der Waals surface area contributed by atoms with Crippen molar-refractivity contribution in [2.75, 3.05) is 0 Å². The fourth-order valence-corrected chi connectivity index (χ4v) is 2.05. The fourth-order valence-electron chi connectivity index (χ4n) is 2.05. The summed E-state index contributed by atoms with van der Waals surface area (Å²) in [7, 11) is 0. The van der Waals surface area contributed by atoms with E-state index in [1.54, 1.807) is 18.5 Å². The van der Waals surface area contributed by atoms with Crippen molar-refractivity contribution in [3.63, 3.8) is 0 Å². The van der Waals surface area contributed by atoms with Crippen molar-refractivity contribution < 1.29 is 4.79 Å². The van der Waals surface area contributed by atoms with E-state index < -0.39 is 0 Å². The van der Waals surface area contributed by atoms with Gasteiger partial charge in [-0.3, -0.25) is 15.0 Å². The molecule has 1 amide bonds. The number of amides is 1. The van der Waals surface area contributed by atoms with Gasteiger partial charge >= 0.3 is 0 Å². The van der Waals surface area contributed by atoms with Gasteiger partial charge in [0, 0.05) is 17.3 Å². The van der Waals surface area contributed by atoms with Crippen LogP contribution in [0.1, 0.15) is 29.0 Å². The third-order valence-corrected chi connectivity index (χ3v) is 3.26. The number of nitrogens with zero attached hydrogens (tertiary/aromatic N) is 2. The van der Waals surface area contributed by atoms with E-state index >= 15 is 0 Å². The van der Waals surface area contributed by atoms with E-state index in [-0.39, 0.29) is 11.9 Å². The summed E-state index contributed by atoms with van der Waals surface area (Å²) in [5.41, 5.74) is 3.07. The maximum Gasteiger partial charge on any atom is 0.269 e. The monoisotopic (exact) mass is 281 g/mol. The lowest BCUT2D eigenvalue weighted by molar-refractivity contribution is 0.0935. The molecule has 0 aliphatic carbocycles. The maximum absolute atomic E-state index is 12.2. The number of H-pyrrole nitrogens is 2. The van der Waals surface area contributed by atoms with Crippen LogP contribution in [0.3, 0.4) is 0 Å². The summed E-state index contributed by atoms with van der Waals surface area (Å²) >= 11 is 0. The number of carbonyl (C=O) groups is 1. The van der Waals surface area contributed by atoms with Crippen LogP contribution in [0.4, 0.5) is 0 Å². The van der Waals surface area contributed by atoms with Crippen LogP contribution < -0.4 is 5.32 Å². The molecule has 1 unspecified atom stereocenters. The molecule has 21 heavy (non-hydrogen) atoms. The quantitative estimate of drug-likeness (QED) is 0.685. The maximum atomic E-state index is 12.2. The minimum absolute atomic E-state index is 0.125. The molecule has 2 heterocycles. The number of hydrogen-bond donors (Lipinski definition) is 3. The SMILES string of the molecule is CC(NC(=O)c1cc(-c2ccccc2)n[nH]1)c1cn[nH]c1. The molecule has 0 saturated carbocycles. The second-order valence-corrected chi connectivity index (χ2v) is 4.76. The summed E-state index contributed by atoms with van der Waals surface area (Å²) in [5, 5.41) is 16.4. The van der Waals surface area contributed by atoms with Gasteiger partial charge in [-0.15, -0.1) is 0 Å². The largest absolute Gasteiger partial charge is 0.344 e. The van der Waals surface area contributed by atoms with Crippen LogP contribution in [0.5, 0.6) is 0 Å². The molecular weight excluding hydrogens is 266 g/mol. The zero-order chi connectivity index (χ0) is 14.7. The van der Waals surface area contributed by atoms with Crippen molar-refractivity contribution >= 4 is 5.91 Å². The number of aromatic amines is 2. The van der Waals surface area contributed by atoms with Gasteiger partial charge in [0.05, 0.1) is 17.9 Å². The smallest absolute Gasteiger partial charge is 0.269 e. The van der Waals surface area contributed by atoms with Gasteiger partial charge in [-0.2, -0.15) is 10.2 Å². The average molecular weight is 281 g/mol. The van der Waals surface area contributed by atoms with Gasteiger partial charge in [0.1, 0.15) is 5.69 Å². The zero-order valence-corrected chi connectivity index (χ0v) is 11.5. The van der Waals surface area contributed by atoms with Crippen LogP contribution in [-0.4, -0.2) is 26.3 Å². The highest BCUT2D eigenvalue weighted by molar-refractivity contribution is 5.93. The lowest BCUT2D eigenvalue weighted by Crippen LogP contribution is -2.26. The summed E-state index contributed by atoms with van der Waals surface area (Å²) in [4.78, 5) is 12.2. The molecule has 2 aromatic heterocycles. The second-order valence-electron chi connectivity index (χ2n) is 4.76. The molecule has 0 bridgehead atoms. The van der Waals surface area contributed by atoms with E-state index in [1.165, 1.54) is 0 Å². The molecule has 3 N–H and O–H groups in total. The topological polar surface area (TPSA) is 86.5 Å². The van der Waals surface area contributed by atoms with Gasteiger partial charge in [-0.1, -0.05) is 30.3 Å². The van der Waals surface area contributed by atoms with Crippen molar-refractivity contribution in [2.24, 2.45) is 0 Å². The molecule has 6 heteroatoms. The first-order valence-corrected chi connectivity index (χ1v) is 6.64. The molecule has 0 fully saturated rings. The molecule has 1 atom stereocenters. The number of hydrogen-bond acceptors (Lipinski definition) is 3. The minimum Gasteiger partial charge on any atom is -0.344 e. The van der Waals surface area contributed by atoms with E-state index in [4.69, 9.17) is 0 Å². The highest BCUT2D eigenvalue weighted by atomic mass is 16.2. The van der Waals surface area contributed by atoms with E-state index in [0.717, 1.165) is 16.8 Å². The van der Waals surface area contributed by atoms with Crippen LogP contribution in [0.2, 0.25) is 0 Å². The Morgan fingerprint density at radius 3 is 2.81 bits per heavy atom. The fraction of sp³-hybridized carbons (Fsp3) is 0.133. The second kappa shape index (κ2) is 5.62. The predicted molar refractivity (Wildman–Crippen MR) is 78.5 cm³/mol. The number of benzene rings is 1. The Hall–Kier alpha value is -2.89. The summed E-state index contributed by atoms with van der Waals surface area (Å²) < 4.78 is 0. The minimum atomic E-state index is -0.196. The molecule has 0 aliphatic rings. The van der Waals surface area contributed by atoms with E-state index in [2.05, 4.69) is 25.7 Å². The van der Waals surface area contributed by atoms with Crippen molar-refractivity contribution in [2.45, 2.75) is 13.0 Å². The number of nitrogens with one attached hydrogen (secondary N) is 3. The normalized spacial score (nSPS) is 12.0. The van der Waals surface area contributed by atoms with Gasteiger partial charge in [0.2, 0.25) is 0 Å². The van der Waals surface area contributed by atoms with Crippen molar-refractivity contribution in [3.05, 3.63) is 60.0 Å². The zero-order valence-electron chi connectivity index (χ0n) is 11.5.